The van der Waals surface area contributed by atoms with E-state index in [0.717, 1.165) is 5.16 Å². The van der Waals surface area contributed by atoms with Crippen molar-refractivity contribution in [3.63, 3.8) is 0 Å². The van der Waals surface area contributed by atoms with Gasteiger partial charge in [-0.25, -0.2) is 0 Å². The quantitative estimate of drug-likeness (QED) is 0.731. The van der Waals surface area contributed by atoms with Crippen LogP contribution in [0.2, 0.25) is 18.3 Å². The number of piperidine rings is 2. The van der Waals surface area contributed by atoms with Crippen LogP contribution < -0.4 is 0 Å². The van der Waals surface area contributed by atoms with Gasteiger partial charge in [0.25, 0.3) is 0 Å². The van der Waals surface area contributed by atoms with E-state index in [0.29, 0.717) is 0 Å². The summed E-state index contributed by atoms with van der Waals surface area (Å²) >= 11 is 0. The van der Waals surface area contributed by atoms with Crippen molar-refractivity contribution >= 4 is 17.9 Å². The maximum absolute atomic E-state index is 2.86. The maximum atomic E-state index is 2.86. The van der Waals surface area contributed by atoms with Crippen molar-refractivity contribution in [2.75, 3.05) is 26.2 Å². The smallest absolute Gasteiger partial charge is 0.134 e. The van der Waals surface area contributed by atoms with Crippen molar-refractivity contribution in [2.45, 2.75) is 63.7 Å². The highest BCUT2D eigenvalue weighted by Crippen LogP contribution is 2.24. The highest BCUT2D eigenvalue weighted by atomic mass is 28.3. The number of hydrogen-bond donors (Lipinski definition) is 0. The first-order valence-corrected chi connectivity index (χ1v) is 11.9. The van der Waals surface area contributed by atoms with Gasteiger partial charge in [-0.15, -0.1) is 0 Å². The standard InChI is InChI=1S/C14H30N2Si2/c1-14(17(2)15-10-6-4-7-11-15)18(3)16-12-8-5-9-13-16/h14H,4-13H2,1-3H3. The molecule has 0 unspecified atom stereocenters. The van der Waals surface area contributed by atoms with Gasteiger partial charge in [0.2, 0.25) is 0 Å². The summed E-state index contributed by atoms with van der Waals surface area (Å²) in [6, 6.07) is 0. The van der Waals surface area contributed by atoms with Crippen LogP contribution in [0, 0.1) is 0 Å². The van der Waals surface area contributed by atoms with Gasteiger partial charge in [0.15, 0.2) is 0 Å². The maximum Gasteiger partial charge on any atom is 0.134 e. The number of rotatable bonds is 4. The molecule has 2 nitrogen and oxygen atoms in total. The molecule has 0 N–H and O–H groups in total. The van der Waals surface area contributed by atoms with Crippen LogP contribution in [0.25, 0.3) is 0 Å². The van der Waals surface area contributed by atoms with E-state index in [1.807, 2.05) is 0 Å². The molecule has 0 aromatic rings. The molecule has 2 aliphatic heterocycles. The number of hydrogen-bond acceptors (Lipinski definition) is 2. The molecule has 0 aromatic carbocycles. The highest BCUT2D eigenvalue weighted by molar-refractivity contribution is 6.76. The van der Waals surface area contributed by atoms with E-state index in [9.17, 15) is 0 Å². The Balaban J connectivity index is 1.85. The van der Waals surface area contributed by atoms with Gasteiger partial charge < -0.3 is 9.13 Å². The van der Waals surface area contributed by atoms with Gasteiger partial charge in [-0.05, 0) is 57.0 Å². The fraction of sp³-hybridized carbons (Fsp3) is 1.00. The Hall–Kier alpha value is 0.354. The van der Waals surface area contributed by atoms with E-state index >= 15 is 0 Å². The van der Waals surface area contributed by atoms with Gasteiger partial charge in [-0.2, -0.15) is 0 Å². The molecule has 2 aliphatic rings. The summed E-state index contributed by atoms with van der Waals surface area (Å²) in [6.07, 6.45) is 8.73. The zero-order chi connectivity index (χ0) is 13.0. The fourth-order valence-electron chi connectivity index (χ4n) is 3.34. The molecule has 104 valence electrons. The Morgan fingerprint density at radius 1 is 0.667 bits per heavy atom. The second-order valence-corrected chi connectivity index (χ2v) is 12.2. The molecule has 2 fully saturated rings. The largest absolute Gasteiger partial charge is 0.324 e. The molecule has 0 atom stereocenters. The molecule has 0 aromatic heterocycles. The average molecular weight is 283 g/mol. The van der Waals surface area contributed by atoms with Crippen LogP contribution in [0.15, 0.2) is 0 Å². The van der Waals surface area contributed by atoms with Gasteiger partial charge >= 0.3 is 0 Å². The summed E-state index contributed by atoms with van der Waals surface area (Å²) in [6.45, 7) is 13.3. The lowest BCUT2D eigenvalue weighted by molar-refractivity contribution is 0.341. The second-order valence-electron chi connectivity index (χ2n) is 6.10. The molecule has 0 saturated carbocycles. The number of nitrogens with zero attached hydrogens (tertiary/aromatic N) is 2. The van der Waals surface area contributed by atoms with Crippen molar-refractivity contribution in [1.82, 2.24) is 9.13 Å². The van der Waals surface area contributed by atoms with Gasteiger partial charge in [0, 0.05) is 0 Å². The third kappa shape index (κ3) is 3.68. The van der Waals surface area contributed by atoms with E-state index in [4.69, 9.17) is 0 Å². The summed E-state index contributed by atoms with van der Waals surface area (Å²) in [5.41, 5.74) is 0. The van der Waals surface area contributed by atoms with Crippen LogP contribution in [-0.2, 0) is 0 Å². The lowest BCUT2D eigenvalue weighted by Gasteiger charge is -2.40. The molecule has 18 heavy (non-hydrogen) atoms. The molecule has 0 aliphatic carbocycles. The Bertz CT molecular complexity index is 214. The van der Waals surface area contributed by atoms with Crippen LogP contribution in [-0.4, -0.2) is 53.2 Å². The predicted octanol–water partition coefficient (Wildman–Crippen LogP) is 3.13. The van der Waals surface area contributed by atoms with E-state index in [2.05, 4.69) is 29.1 Å². The van der Waals surface area contributed by atoms with Crippen molar-refractivity contribution in [3.8, 4) is 0 Å². The van der Waals surface area contributed by atoms with Crippen LogP contribution in [0.5, 0.6) is 0 Å². The Morgan fingerprint density at radius 3 is 1.33 bits per heavy atom. The third-order valence-electron chi connectivity index (χ3n) is 4.96. The highest BCUT2D eigenvalue weighted by Gasteiger charge is 2.32. The topological polar surface area (TPSA) is 6.48 Å². The minimum Gasteiger partial charge on any atom is -0.324 e. The van der Waals surface area contributed by atoms with E-state index < -0.39 is 0 Å². The first-order chi connectivity index (χ1) is 8.70. The second kappa shape index (κ2) is 7.22. The van der Waals surface area contributed by atoms with Crippen LogP contribution in [0.1, 0.15) is 45.4 Å². The van der Waals surface area contributed by atoms with Crippen LogP contribution >= 0.6 is 0 Å². The molecule has 0 amide bonds. The SMILES string of the molecule is CC([Si](C)N1CCCCC1)[Si](C)N1CCCCC1. The summed E-state index contributed by atoms with van der Waals surface area (Å²) in [5.74, 6) is 0. The van der Waals surface area contributed by atoms with E-state index in [-0.39, 0.29) is 17.9 Å². The minimum atomic E-state index is -0.278. The lowest BCUT2D eigenvalue weighted by Crippen LogP contribution is -2.52. The van der Waals surface area contributed by atoms with E-state index in [1.54, 1.807) is 0 Å². The van der Waals surface area contributed by atoms with Gasteiger partial charge in [0.1, 0.15) is 17.9 Å². The average Bonchev–Trinajstić information content (AvgIpc) is 2.47. The van der Waals surface area contributed by atoms with Crippen LogP contribution in [0.3, 0.4) is 0 Å². The van der Waals surface area contributed by atoms with Crippen molar-refractivity contribution in [2.24, 2.45) is 0 Å². The molecule has 2 rings (SSSR count). The molecule has 0 spiro atoms. The molecule has 2 heterocycles. The third-order valence-corrected chi connectivity index (χ3v) is 12.9. The predicted molar refractivity (Wildman–Crippen MR) is 83.5 cm³/mol. The normalized spacial score (nSPS) is 24.3. The first-order valence-electron chi connectivity index (χ1n) is 7.87. The summed E-state index contributed by atoms with van der Waals surface area (Å²) in [7, 11) is -0.557. The van der Waals surface area contributed by atoms with Crippen molar-refractivity contribution in [3.05, 3.63) is 0 Å². The molecule has 4 heteroatoms. The Kier molecular flexibility index (Phi) is 5.92. The zero-order valence-corrected chi connectivity index (χ0v) is 14.5. The monoisotopic (exact) mass is 282 g/mol. The van der Waals surface area contributed by atoms with Gasteiger partial charge in [0.05, 0.1) is 0 Å². The minimum absolute atomic E-state index is 0.278. The van der Waals surface area contributed by atoms with Crippen molar-refractivity contribution < 1.29 is 0 Å². The lowest BCUT2D eigenvalue weighted by atomic mass is 10.2. The summed E-state index contributed by atoms with van der Waals surface area (Å²) in [4.78, 5) is 0. The fourth-order valence-corrected chi connectivity index (χ4v) is 10.00. The molecular formula is C14H30N2Si2. The van der Waals surface area contributed by atoms with Gasteiger partial charge in [-0.1, -0.05) is 32.9 Å². The molecule has 0 bridgehead atoms. The zero-order valence-electron chi connectivity index (χ0n) is 12.5. The van der Waals surface area contributed by atoms with E-state index in [1.165, 1.54) is 64.7 Å². The molecule has 2 saturated heterocycles. The first kappa shape index (κ1) is 14.8. The summed E-state index contributed by atoms with van der Waals surface area (Å²) in [5, 5.41) is 0.996. The Morgan fingerprint density at radius 2 is 1.00 bits per heavy atom. The van der Waals surface area contributed by atoms with Crippen molar-refractivity contribution in [1.29, 1.82) is 0 Å². The van der Waals surface area contributed by atoms with Crippen LogP contribution in [0.4, 0.5) is 0 Å². The molecular weight excluding hydrogens is 252 g/mol. The summed E-state index contributed by atoms with van der Waals surface area (Å²) < 4.78 is 5.72. The Labute approximate surface area is 117 Å². The molecule has 2 radical (unpaired) electrons. The van der Waals surface area contributed by atoms with Gasteiger partial charge in [-0.3, -0.25) is 0 Å².